The van der Waals surface area contributed by atoms with Crippen LogP contribution < -0.4 is 12.4 Å². The van der Waals surface area contributed by atoms with Gasteiger partial charge in [-0.15, -0.1) is 71.8 Å². The maximum absolute atomic E-state index is 4.51. The van der Waals surface area contributed by atoms with E-state index in [1.165, 1.54) is 22.3 Å². The first-order chi connectivity index (χ1) is 24.7. The second-order valence-corrected chi connectivity index (χ2v) is 11.5. The van der Waals surface area contributed by atoms with Crippen molar-refractivity contribution in [3.8, 4) is 56.2 Å². The van der Waals surface area contributed by atoms with Crippen molar-refractivity contribution in [1.82, 2.24) is 19.9 Å². The fraction of sp³-hybridized carbons (Fsp3) is 0.0435. The van der Waals surface area contributed by atoms with E-state index in [2.05, 4.69) is 94.4 Å². The summed E-state index contributed by atoms with van der Waals surface area (Å²) in [6.45, 7) is 4.12. The zero-order valence-electron chi connectivity index (χ0n) is 28.8. The summed E-state index contributed by atoms with van der Waals surface area (Å²) >= 11 is 0. The molecule has 0 amide bonds. The molecule has 0 bridgehead atoms. The number of hydrogen-bond donors (Lipinski definition) is 0. The summed E-state index contributed by atoms with van der Waals surface area (Å²) in [5, 5.41) is 0. The number of aryl methyl sites for hydroxylation is 2. The molecule has 0 fully saturated rings. The molecule has 8 aromatic rings. The van der Waals surface area contributed by atoms with Gasteiger partial charge in [0.05, 0.1) is 11.4 Å². The summed E-state index contributed by atoms with van der Waals surface area (Å²) in [5.41, 5.74) is 12.9. The van der Waals surface area contributed by atoms with Crippen LogP contribution in [0.1, 0.15) is 11.1 Å². The minimum atomic E-state index is 0. The predicted octanol–water partition coefficient (Wildman–Crippen LogP) is 8.19. The van der Waals surface area contributed by atoms with Crippen molar-refractivity contribution in [2.24, 2.45) is 0 Å². The van der Waals surface area contributed by atoms with E-state index in [0.717, 1.165) is 45.0 Å². The zero-order valence-corrected chi connectivity index (χ0v) is 32.0. The molecule has 6 heteroatoms. The topological polar surface area (TPSA) is 51.6 Å². The van der Waals surface area contributed by atoms with E-state index in [9.17, 15) is 0 Å². The van der Waals surface area contributed by atoms with E-state index >= 15 is 0 Å². The van der Waals surface area contributed by atoms with Gasteiger partial charge in [0, 0.05) is 24.8 Å². The van der Waals surface area contributed by atoms with Crippen LogP contribution in [0.25, 0.3) is 56.2 Å². The molecule has 4 aromatic heterocycles. The Hall–Kier alpha value is -5.58. The van der Waals surface area contributed by atoms with Crippen molar-refractivity contribution in [2.45, 2.75) is 13.8 Å². The number of hydrogen-bond acceptors (Lipinski definition) is 4. The molecule has 0 atom stereocenters. The fourth-order valence-electron chi connectivity index (χ4n) is 5.38. The standard InChI is InChI=1S/C22H16N2.2C12H10N.ClH.Ir/c1-3-7-17(8-4-1)19-11-13-23-21(15-19)22-16-20(12-14-24-22)18-9-5-2-6-10-18;2*1-10-6-5-9-13-12(10)11-7-3-2-4-8-11;;/h1-16H;2*2-7,9H,1H3;1H;/q;2*-1;;+3/p-1. The van der Waals surface area contributed by atoms with Crippen molar-refractivity contribution in [3.05, 3.63) is 206 Å². The van der Waals surface area contributed by atoms with Gasteiger partial charge in [0.1, 0.15) is 0 Å². The van der Waals surface area contributed by atoms with Crippen molar-refractivity contribution in [3.63, 3.8) is 0 Å². The Bertz CT molecular complexity index is 2070. The molecule has 0 aliphatic rings. The van der Waals surface area contributed by atoms with E-state index in [1.54, 1.807) is 0 Å². The average Bonchev–Trinajstić information content (AvgIpc) is 3.20. The van der Waals surface area contributed by atoms with E-state index in [1.807, 2.05) is 134 Å². The Morgan fingerprint density at radius 3 is 1.15 bits per heavy atom. The maximum Gasteiger partial charge on any atom is 3.00 e. The van der Waals surface area contributed by atoms with Crippen LogP contribution in [-0.2, 0) is 20.1 Å². The van der Waals surface area contributed by atoms with Crippen LogP contribution in [0.5, 0.6) is 0 Å². The minimum absolute atomic E-state index is 0. The van der Waals surface area contributed by atoms with Crippen molar-refractivity contribution < 1.29 is 32.5 Å². The van der Waals surface area contributed by atoms with Gasteiger partial charge in [0.25, 0.3) is 0 Å². The molecule has 4 nitrogen and oxygen atoms in total. The first kappa shape index (κ1) is 39.2. The molecule has 8 rings (SSSR count). The van der Waals surface area contributed by atoms with Gasteiger partial charge in [-0.2, -0.15) is 0 Å². The summed E-state index contributed by atoms with van der Waals surface area (Å²) < 4.78 is 0. The second kappa shape index (κ2) is 20.3. The summed E-state index contributed by atoms with van der Waals surface area (Å²) in [5.74, 6) is 0. The van der Waals surface area contributed by atoms with Gasteiger partial charge in [-0.05, 0) is 83.9 Å². The summed E-state index contributed by atoms with van der Waals surface area (Å²) in [4.78, 5) is 17.6. The number of nitrogens with zero attached hydrogens (tertiary/aromatic N) is 4. The van der Waals surface area contributed by atoms with Crippen LogP contribution in [0, 0.1) is 26.0 Å². The van der Waals surface area contributed by atoms with Crippen LogP contribution in [-0.4, -0.2) is 19.9 Å². The largest absolute Gasteiger partial charge is 3.00 e. The molecule has 0 aliphatic carbocycles. The van der Waals surface area contributed by atoms with E-state index in [-0.39, 0.29) is 32.5 Å². The summed E-state index contributed by atoms with van der Waals surface area (Å²) in [6, 6.07) is 59.0. The Morgan fingerprint density at radius 2 is 0.788 bits per heavy atom. The van der Waals surface area contributed by atoms with Crippen molar-refractivity contribution in [1.29, 1.82) is 0 Å². The first-order valence-electron chi connectivity index (χ1n) is 16.5. The van der Waals surface area contributed by atoms with Crippen LogP contribution >= 0.6 is 0 Å². The molecule has 52 heavy (non-hydrogen) atoms. The zero-order chi connectivity index (χ0) is 34.4. The fourth-order valence-corrected chi connectivity index (χ4v) is 5.38. The quantitative estimate of drug-likeness (QED) is 0.164. The number of rotatable bonds is 5. The molecule has 0 spiro atoms. The smallest absolute Gasteiger partial charge is 1.00 e. The molecule has 0 radical (unpaired) electrons. The molecule has 256 valence electrons. The van der Waals surface area contributed by atoms with E-state index < -0.39 is 0 Å². The average molecular weight is 872 g/mol. The monoisotopic (exact) mass is 872 g/mol. The van der Waals surface area contributed by atoms with Crippen LogP contribution in [0.3, 0.4) is 0 Å². The van der Waals surface area contributed by atoms with Gasteiger partial charge in [-0.3, -0.25) is 9.97 Å². The Labute approximate surface area is 326 Å². The third-order valence-corrected chi connectivity index (χ3v) is 7.94. The Morgan fingerprint density at radius 1 is 0.385 bits per heavy atom. The Balaban J connectivity index is 0.000000185. The van der Waals surface area contributed by atoms with E-state index in [0.29, 0.717) is 0 Å². The molecule has 0 unspecified atom stereocenters. The number of benzene rings is 4. The number of aromatic nitrogens is 4. The van der Waals surface area contributed by atoms with Gasteiger partial charge in [0.15, 0.2) is 0 Å². The second-order valence-electron chi connectivity index (χ2n) is 11.5. The minimum Gasteiger partial charge on any atom is -1.00 e. The molecule has 4 aromatic carbocycles. The van der Waals surface area contributed by atoms with Crippen LogP contribution in [0.2, 0.25) is 0 Å². The van der Waals surface area contributed by atoms with Gasteiger partial charge in [-0.1, -0.05) is 83.9 Å². The van der Waals surface area contributed by atoms with Gasteiger partial charge >= 0.3 is 20.1 Å². The molecule has 0 saturated carbocycles. The van der Waals surface area contributed by atoms with Gasteiger partial charge < -0.3 is 22.4 Å². The number of halogens is 1. The molecule has 0 aliphatic heterocycles. The van der Waals surface area contributed by atoms with Crippen molar-refractivity contribution in [2.75, 3.05) is 0 Å². The predicted molar refractivity (Wildman–Crippen MR) is 205 cm³/mol. The van der Waals surface area contributed by atoms with Crippen LogP contribution in [0.4, 0.5) is 0 Å². The summed E-state index contributed by atoms with van der Waals surface area (Å²) in [6.07, 6.45) is 7.30. The molecule has 4 heterocycles. The van der Waals surface area contributed by atoms with E-state index in [4.69, 9.17) is 0 Å². The Kier molecular flexibility index (Phi) is 15.3. The van der Waals surface area contributed by atoms with Gasteiger partial charge in [0.2, 0.25) is 0 Å². The summed E-state index contributed by atoms with van der Waals surface area (Å²) in [7, 11) is 0. The molecule has 0 saturated heterocycles. The first-order valence-corrected chi connectivity index (χ1v) is 16.5. The molecular weight excluding hydrogens is 836 g/mol. The molecule has 0 N–H and O–H groups in total. The normalized spacial score (nSPS) is 9.81. The van der Waals surface area contributed by atoms with Gasteiger partial charge in [-0.25, -0.2) is 0 Å². The number of pyridine rings is 4. The van der Waals surface area contributed by atoms with Crippen molar-refractivity contribution >= 4 is 0 Å². The maximum atomic E-state index is 4.51. The SMILES string of the molecule is Cc1cccnc1-c1[c-]cccc1.Cc1cccnc1-c1[c-]cccc1.[Cl-].[Ir+3].c1ccc(-c2ccnc(-c3cc(-c4ccccc4)ccn3)c2)cc1. The molecular formula is C46H36ClIrN4. The van der Waals surface area contributed by atoms with Crippen LogP contribution in [0.15, 0.2) is 183 Å². The third kappa shape index (κ3) is 10.7. The third-order valence-electron chi connectivity index (χ3n) is 7.94.